The number of likely N-dealkylation sites (N-methyl/N-ethyl adjacent to an activating group) is 1. The van der Waals surface area contributed by atoms with E-state index in [4.69, 9.17) is 0 Å². The van der Waals surface area contributed by atoms with Gasteiger partial charge in [-0.15, -0.1) is 0 Å². The van der Waals surface area contributed by atoms with Crippen molar-refractivity contribution in [2.45, 2.75) is 39.7 Å². The van der Waals surface area contributed by atoms with Gasteiger partial charge in [-0.05, 0) is 13.0 Å². The van der Waals surface area contributed by atoms with Gasteiger partial charge in [0.05, 0.1) is 0 Å². The molecule has 1 rings (SSSR count). The topological polar surface area (TPSA) is 61.4 Å². The third-order valence-electron chi connectivity index (χ3n) is 3.28. The predicted octanol–water partition coefficient (Wildman–Crippen LogP) is 0.359. The Kier molecular flexibility index (Phi) is 5.14. The molecule has 0 aromatic heterocycles. The van der Waals surface area contributed by atoms with Crippen LogP contribution in [0.1, 0.15) is 33.6 Å². The molecule has 1 atom stereocenters. The second-order valence-corrected chi connectivity index (χ2v) is 5.91. The van der Waals surface area contributed by atoms with Gasteiger partial charge in [0.25, 0.3) is 0 Å². The Bertz CT molecular complexity index is 304. The number of hydrogen-bond acceptors (Lipinski definition) is 3. The van der Waals surface area contributed by atoms with Gasteiger partial charge in [-0.1, -0.05) is 20.8 Å². The molecule has 1 unspecified atom stereocenters. The molecule has 1 heterocycles. The summed E-state index contributed by atoms with van der Waals surface area (Å²) in [5, 5.41) is 6.04. The number of hydrogen-bond donors (Lipinski definition) is 2. The summed E-state index contributed by atoms with van der Waals surface area (Å²) in [5.41, 5.74) is -0.398. The fourth-order valence-corrected chi connectivity index (χ4v) is 1.90. The number of nitrogens with one attached hydrogen (secondary N) is 2. The van der Waals surface area contributed by atoms with Gasteiger partial charge in [-0.3, -0.25) is 9.59 Å². The molecule has 2 N–H and O–H groups in total. The van der Waals surface area contributed by atoms with Gasteiger partial charge < -0.3 is 15.5 Å². The second kappa shape index (κ2) is 6.18. The lowest BCUT2D eigenvalue weighted by Gasteiger charge is -2.24. The molecule has 18 heavy (non-hydrogen) atoms. The SMILES string of the molecule is CN(C(=O)CCNC(=O)C(C)(C)C)C1CCNC1. The lowest BCUT2D eigenvalue weighted by atomic mass is 9.96. The molecular weight excluding hydrogens is 230 g/mol. The van der Waals surface area contributed by atoms with Crippen LogP contribution >= 0.6 is 0 Å². The fraction of sp³-hybridized carbons (Fsp3) is 0.846. The van der Waals surface area contributed by atoms with Crippen molar-refractivity contribution >= 4 is 11.8 Å². The van der Waals surface area contributed by atoms with E-state index in [2.05, 4.69) is 10.6 Å². The maximum Gasteiger partial charge on any atom is 0.225 e. The zero-order chi connectivity index (χ0) is 13.8. The summed E-state index contributed by atoms with van der Waals surface area (Å²) in [6.45, 7) is 7.85. The normalized spacial score (nSPS) is 19.7. The van der Waals surface area contributed by atoms with E-state index in [1.807, 2.05) is 27.8 Å². The van der Waals surface area contributed by atoms with Crippen LogP contribution < -0.4 is 10.6 Å². The van der Waals surface area contributed by atoms with Crippen LogP contribution in [-0.2, 0) is 9.59 Å². The van der Waals surface area contributed by atoms with E-state index in [1.54, 1.807) is 4.90 Å². The third kappa shape index (κ3) is 4.29. The first-order valence-corrected chi connectivity index (χ1v) is 6.57. The van der Waals surface area contributed by atoms with Gasteiger partial charge in [-0.25, -0.2) is 0 Å². The standard InChI is InChI=1S/C13H25N3O2/c1-13(2,3)12(18)15-8-6-11(17)16(4)10-5-7-14-9-10/h10,14H,5-9H2,1-4H3,(H,15,18). The van der Waals surface area contributed by atoms with Crippen LogP contribution in [0.5, 0.6) is 0 Å². The lowest BCUT2D eigenvalue weighted by Crippen LogP contribution is -2.41. The molecule has 2 amide bonds. The molecule has 0 spiro atoms. The molecule has 0 aliphatic carbocycles. The third-order valence-corrected chi connectivity index (χ3v) is 3.28. The molecular formula is C13H25N3O2. The van der Waals surface area contributed by atoms with E-state index in [0.29, 0.717) is 19.0 Å². The Morgan fingerprint density at radius 1 is 1.39 bits per heavy atom. The molecule has 0 saturated carbocycles. The zero-order valence-corrected chi connectivity index (χ0v) is 11.9. The molecule has 0 radical (unpaired) electrons. The van der Waals surface area contributed by atoms with Crippen molar-refractivity contribution in [3.63, 3.8) is 0 Å². The lowest BCUT2D eigenvalue weighted by molar-refractivity contribution is -0.132. The minimum atomic E-state index is -0.398. The van der Waals surface area contributed by atoms with Gasteiger partial charge in [0.2, 0.25) is 11.8 Å². The van der Waals surface area contributed by atoms with Crippen molar-refractivity contribution in [2.24, 2.45) is 5.41 Å². The zero-order valence-electron chi connectivity index (χ0n) is 11.9. The summed E-state index contributed by atoms with van der Waals surface area (Å²) >= 11 is 0. The van der Waals surface area contributed by atoms with E-state index in [1.165, 1.54) is 0 Å². The van der Waals surface area contributed by atoms with E-state index in [0.717, 1.165) is 19.5 Å². The number of rotatable bonds is 4. The van der Waals surface area contributed by atoms with Crippen LogP contribution in [0.4, 0.5) is 0 Å². The Morgan fingerprint density at radius 2 is 2.06 bits per heavy atom. The Balaban J connectivity index is 2.26. The maximum atomic E-state index is 11.9. The number of carbonyl (C=O) groups excluding carboxylic acids is 2. The summed E-state index contributed by atoms with van der Waals surface area (Å²) in [4.78, 5) is 25.3. The molecule has 1 aliphatic heterocycles. The highest BCUT2D eigenvalue weighted by Gasteiger charge is 2.24. The average Bonchev–Trinajstić information content (AvgIpc) is 2.79. The molecule has 1 aliphatic rings. The van der Waals surface area contributed by atoms with Crippen LogP contribution in [0.3, 0.4) is 0 Å². The minimum Gasteiger partial charge on any atom is -0.355 e. The van der Waals surface area contributed by atoms with Crippen LogP contribution in [0, 0.1) is 5.41 Å². The van der Waals surface area contributed by atoms with Gasteiger partial charge in [-0.2, -0.15) is 0 Å². The van der Waals surface area contributed by atoms with Crippen LogP contribution in [0.2, 0.25) is 0 Å². The summed E-state index contributed by atoms with van der Waals surface area (Å²) in [6, 6.07) is 0.302. The van der Waals surface area contributed by atoms with Crippen molar-refractivity contribution in [2.75, 3.05) is 26.7 Å². The Morgan fingerprint density at radius 3 is 2.56 bits per heavy atom. The quantitative estimate of drug-likeness (QED) is 0.762. The van der Waals surface area contributed by atoms with E-state index in [9.17, 15) is 9.59 Å². The molecule has 0 aromatic carbocycles. The highest BCUT2D eigenvalue weighted by atomic mass is 16.2. The van der Waals surface area contributed by atoms with Gasteiger partial charge >= 0.3 is 0 Å². The second-order valence-electron chi connectivity index (χ2n) is 5.91. The number of carbonyl (C=O) groups is 2. The molecule has 0 bridgehead atoms. The minimum absolute atomic E-state index is 0.0134. The maximum absolute atomic E-state index is 11.9. The highest BCUT2D eigenvalue weighted by molar-refractivity contribution is 5.82. The average molecular weight is 255 g/mol. The largest absolute Gasteiger partial charge is 0.355 e. The molecule has 104 valence electrons. The van der Waals surface area contributed by atoms with Crippen molar-refractivity contribution in [3.05, 3.63) is 0 Å². The van der Waals surface area contributed by atoms with Gasteiger partial charge in [0.15, 0.2) is 0 Å². The first-order chi connectivity index (χ1) is 8.32. The molecule has 5 heteroatoms. The van der Waals surface area contributed by atoms with E-state index < -0.39 is 5.41 Å². The summed E-state index contributed by atoms with van der Waals surface area (Å²) < 4.78 is 0. The molecule has 5 nitrogen and oxygen atoms in total. The molecule has 1 fully saturated rings. The predicted molar refractivity (Wildman–Crippen MR) is 71.1 cm³/mol. The van der Waals surface area contributed by atoms with Crippen LogP contribution in [-0.4, -0.2) is 49.4 Å². The van der Waals surface area contributed by atoms with Crippen molar-refractivity contribution < 1.29 is 9.59 Å². The Hall–Kier alpha value is -1.10. The molecule has 0 aromatic rings. The van der Waals surface area contributed by atoms with E-state index >= 15 is 0 Å². The summed E-state index contributed by atoms with van der Waals surface area (Å²) in [5.74, 6) is 0.0818. The Labute approximate surface area is 109 Å². The van der Waals surface area contributed by atoms with Crippen molar-refractivity contribution in [1.82, 2.24) is 15.5 Å². The summed E-state index contributed by atoms with van der Waals surface area (Å²) in [7, 11) is 1.84. The van der Waals surface area contributed by atoms with Crippen molar-refractivity contribution in [3.8, 4) is 0 Å². The monoisotopic (exact) mass is 255 g/mol. The first-order valence-electron chi connectivity index (χ1n) is 6.57. The van der Waals surface area contributed by atoms with Gasteiger partial charge in [0, 0.05) is 38.0 Å². The van der Waals surface area contributed by atoms with Gasteiger partial charge in [0.1, 0.15) is 0 Å². The number of amides is 2. The first kappa shape index (κ1) is 15.0. The van der Waals surface area contributed by atoms with Crippen LogP contribution in [0.25, 0.3) is 0 Å². The molecule has 1 saturated heterocycles. The smallest absolute Gasteiger partial charge is 0.225 e. The number of nitrogens with zero attached hydrogens (tertiary/aromatic N) is 1. The highest BCUT2D eigenvalue weighted by Crippen LogP contribution is 2.12. The fourth-order valence-electron chi connectivity index (χ4n) is 1.90. The van der Waals surface area contributed by atoms with Crippen molar-refractivity contribution in [1.29, 1.82) is 0 Å². The van der Waals surface area contributed by atoms with Crippen LogP contribution in [0.15, 0.2) is 0 Å². The summed E-state index contributed by atoms with van der Waals surface area (Å²) in [6.07, 6.45) is 1.38. The van der Waals surface area contributed by atoms with E-state index in [-0.39, 0.29) is 11.8 Å².